The van der Waals surface area contributed by atoms with Gasteiger partial charge in [0, 0.05) is 36.8 Å². The molecule has 0 saturated carbocycles. The SMILES string of the molecule is CN1N=C(c2cccc(Cl)c2)Oc2nnc(N3CCOCC3)cc21. The van der Waals surface area contributed by atoms with Crippen LogP contribution in [-0.2, 0) is 4.74 Å². The summed E-state index contributed by atoms with van der Waals surface area (Å²) in [5.41, 5.74) is 1.57. The third kappa shape index (κ3) is 2.88. The van der Waals surface area contributed by atoms with Gasteiger partial charge in [-0.05, 0) is 18.2 Å². The van der Waals surface area contributed by atoms with Crippen LogP contribution in [0.5, 0.6) is 5.88 Å². The van der Waals surface area contributed by atoms with E-state index in [1.165, 1.54) is 0 Å². The number of hydrogen-bond donors (Lipinski definition) is 0. The van der Waals surface area contributed by atoms with Crippen molar-refractivity contribution in [3.8, 4) is 5.88 Å². The van der Waals surface area contributed by atoms with Crippen molar-refractivity contribution in [3.05, 3.63) is 40.9 Å². The van der Waals surface area contributed by atoms with Gasteiger partial charge in [-0.3, -0.25) is 5.01 Å². The second-order valence-electron chi connectivity index (χ2n) is 5.53. The van der Waals surface area contributed by atoms with Crippen LogP contribution in [-0.4, -0.2) is 49.4 Å². The number of nitrogens with zero attached hydrogens (tertiary/aromatic N) is 5. The van der Waals surface area contributed by atoms with Gasteiger partial charge in [0.2, 0.25) is 5.90 Å². The lowest BCUT2D eigenvalue weighted by molar-refractivity contribution is 0.122. The summed E-state index contributed by atoms with van der Waals surface area (Å²) in [4.78, 5) is 2.14. The molecule has 2 aliphatic heterocycles. The quantitative estimate of drug-likeness (QED) is 0.831. The van der Waals surface area contributed by atoms with Crippen LogP contribution < -0.4 is 14.6 Å². The van der Waals surface area contributed by atoms with Crippen LogP contribution in [0.3, 0.4) is 0 Å². The number of fused-ring (bicyclic) bond motifs is 1. The van der Waals surface area contributed by atoms with Crippen molar-refractivity contribution in [3.63, 3.8) is 0 Å². The molecule has 8 heteroatoms. The Kier molecular flexibility index (Phi) is 3.95. The maximum Gasteiger partial charge on any atom is 0.266 e. The molecule has 2 aliphatic rings. The Bertz CT molecular complexity index is 792. The fourth-order valence-electron chi connectivity index (χ4n) is 2.65. The maximum absolute atomic E-state index is 6.04. The summed E-state index contributed by atoms with van der Waals surface area (Å²) in [7, 11) is 1.86. The van der Waals surface area contributed by atoms with Crippen molar-refractivity contribution in [2.75, 3.05) is 43.3 Å². The van der Waals surface area contributed by atoms with Crippen LogP contribution in [0.25, 0.3) is 0 Å². The lowest BCUT2D eigenvalue weighted by Crippen LogP contribution is -2.37. The Morgan fingerprint density at radius 2 is 1.96 bits per heavy atom. The number of morpholine rings is 1. The van der Waals surface area contributed by atoms with E-state index < -0.39 is 0 Å². The van der Waals surface area contributed by atoms with Gasteiger partial charge in [0.05, 0.1) is 13.2 Å². The van der Waals surface area contributed by atoms with Gasteiger partial charge in [-0.25, -0.2) is 0 Å². The average molecular weight is 346 g/mol. The van der Waals surface area contributed by atoms with E-state index in [0.717, 1.165) is 30.2 Å². The van der Waals surface area contributed by atoms with Gasteiger partial charge >= 0.3 is 0 Å². The number of anilines is 2. The predicted molar refractivity (Wildman–Crippen MR) is 92.1 cm³/mol. The number of hydrazone groups is 1. The third-order valence-corrected chi connectivity index (χ3v) is 4.15. The average Bonchev–Trinajstić information content (AvgIpc) is 2.62. The monoisotopic (exact) mass is 345 g/mol. The van der Waals surface area contributed by atoms with Gasteiger partial charge in [-0.15, -0.1) is 15.3 Å². The molecule has 1 saturated heterocycles. The van der Waals surface area contributed by atoms with Crippen LogP contribution in [0.15, 0.2) is 35.4 Å². The maximum atomic E-state index is 6.04. The van der Waals surface area contributed by atoms with Crippen LogP contribution in [0.4, 0.5) is 11.5 Å². The van der Waals surface area contributed by atoms with Crippen LogP contribution in [0.2, 0.25) is 5.02 Å². The van der Waals surface area contributed by atoms with Crippen LogP contribution >= 0.6 is 11.6 Å². The fourth-order valence-corrected chi connectivity index (χ4v) is 2.84. The molecule has 7 nitrogen and oxygen atoms in total. The molecule has 0 unspecified atom stereocenters. The first-order valence-corrected chi connectivity index (χ1v) is 8.05. The van der Waals surface area contributed by atoms with E-state index >= 15 is 0 Å². The fraction of sp³-hybridized carbons (Fsp3) is 0.312. The Morgan fingerprint density at radius 3 is 2.75 bits per heavy atom. The molecule has 0 spiro atoms. The number of aromatic nitrogens is 2. The molecule has 2 aromatic rings. The molecule has 1 fully saturated rings. The number of rotatable bonds is 2. The zero-order chi connectivity index (χ0) is 16.5. The van der Waals surface area contributed by atoms with Gasteiger partial charge in [0.15, 0.2) is 5.82 Å². The number of halogens is 1. The Morgan fingerprint density at radius 1 is 1.12 bits per heavy atom. The summed E-state index contributed by atoms with van der Waals surface area (Å²) in [5.74, 6) is 1.68. The highest BCUT2D eigenvalue weighted by molar-refractivity contribution is 6.31. The first kappa shape index (κ1) is 15.2. The largest absolute Gasteiger partial charge is 0.415 e. The van der Waals surface area contributed by atoms with Crippen LogP contribution in [0, 0.1) is 0 Å². The Hall–Kier alpha value is -2.38. The summed E-state index contributed by atoms with van der Waals surface area (Å²) >= 11 is 6.04. The lowest BCUT2D eigenvalue weighted by Gasteiger charge is -2.29. The molecule has 0 radical (unpaired) electrons. The highest BCUT2D eigenvalue weighted by atomic mass is 35.5. The van der Waals surface area contributed by atoms with Crippen LogP contribution in [0.1, 0.15) is 5.56 Å². The summed E-state index contributed by atoms with van der Waals surface area (Å²) in [5, 5.41) is 15.4. The topological polar surface area (TPSA) is 63.1 Å². The van der Waals surface area contributed by atoms with Crippen molar-refractivity contribution in [1.29, 1.82) is 0 Å². The molecule has 0 aliphatic carbocycles. The minimum atomic E-state index is 0.430. The summed E-state index contributed by atoms with van der Waals surface area (Å²) < 4.78 is 11.2. The van der Waals surface area contributed by atoms with E-state index in [2.05, 4.69) is 20.2 Å². The van der Waals surface area contributed by atoms with Crippen molar-refractivity contribution in [1.82, 2.24) is 10.2 Å². The van der Waals surface area contributed by atoms with Crippen molar-refractivity contribution in [2.45, 2.75) is 0 Å². The Labute approximate surface area is 144 Å². The van der Waals surface area contributed by atoms with Crippen molar-refractivity contribution < 1.29 is 9.47 Å². The van der Waals surface area contributed by atoms with E-state index in [1.807, 2.05) is 25.2 Å². The van der Waals surface area contributed by atoms with Gasteiger partial charge in [-0.2, -0.15) is 0 Å². The molecule has 0 amide bonds. The number of ether oxygens (including phenoxy) is 2. The minimum absolute atomic E-state index is 0.430. The van der Waals surface area contributed by atoms with E-state index in [0.29, 0.717) is 30.0 Å². The smallest absolute Gasteiger partial charge is 0.266 e. The van der Waals surface area contributed by atoms with Gasteiger partial charge in [0.1, 0.15) is 5.69 Å². The second-order valence-corrected chi connectivity index (χ2v) is 5.97. The molecular formula is C16H16ClN5O2. The third-order valence-electron chi connectivity index (χ3n) is 3.92. The highest BCUT2D eigenvalue weighted by Crippen LogP contribution is 2.32. The minimum Gasteiger partial charge on any atom is -0.415 e. The second kappa shape index (κ2) is 6.26. The molecule has 3 heterocycles. The predicted octanol–water partition coefficient (Wildman–Crippen LogP) is 2.16. The highest BCUT2D eigenvalue weighted by Gasteiger charge is 2.24. The summed E-state index contributed by atoms with van der Waals surface area (Å²) in [6, 6.07) is 9.28. The van der Waals surface area contributed by atoms with E-state index in [-0.39, 0.29) is 0 Å². The van der Waals surface area contributed by atoms with Crippen molar-refractivity contribution >= 4 is 29.0 Å². The van der Waals surface area contributed by atoms with E-state index in [9.17, 15) is 0 Å². The molecule has 1 aromatic carbocycles. The first-order chi connectivity index (χ1) is 11.7. The number of benzene rings is 1. The van der Waals surface area contributed by atoms with E-state index in [1.54, 1.807) is 17.1 Å². The standard InChI is InChI=1S/C16H16ClN5O2/c1-21-13-10-14(22-5-7-23-8-6-22)18-19-16(13)24-15(20-21)11-3-2-4-12(17)9-11/h2-4,9-10H,5-8H2,1H3. The van der Waals surface area contributed by atoms with Crippen molar-refractivity contribution in [2.24, 2.45) is 5.10 Å². The molecule has 24 heavy (non-hydrogen) atoms. The summed E-state index contributed by atoms with van der Waals surface area (Å²) in [6.45, 7) is 2.99. The van der Waals surface area contributed by atoms with Gasteiger partial charge < -0.3 is 14.4 Å². The normalized spacial score (nSPS) is 17.2. The Balaban J connectivity index is 1.63. The molecule has 0 atom stereocenters. The van der Waals surface area contributed by atoms with Gasteiger partial charge in [-0.1, -0.05) is 17.7 Å². The molecule has 1 aromatic heterocycles. The molecular weight excluding hydrogens is 330 g/mol. The molecule has 124 valence electrons. The van der Waals surface area contributed by atoms with E-state index in [4.69, 9.17) is 21.1 Å². The zero-order valence-electron chi connectivity index (χ0n) is 13.1. The molecule has 4 rings (SSSR count). The summed E-state index contributed by atoms with van der Waals surface area (Å²) in [6.07, 6.45) is 0. The molecule has 0 N–H and O–H groups in total. The molecule has 0 bridgehead atoms. The van der Waals surface area contributed by atoms with Gasteiger partial charge in [0.25, 0.3) is 5.88 Å². The zero-order valence-corrected chi connectivity index (χ0v) is 13.9. The first-order valence-electron chi connectivity index (χ1n) is 7.67. The number of hydrogen-bond acceptors (Lipinski definition) is 7. The lowest BCUT2D eigenvalue weighted by atomic mass is 10.2.